The first-order valence-electron chi connectivity index (χ1n) is 10.3. The zero-order valence-electron chi connectivity index (χ0n) is 17.8. The van der Waals surface area contributed by atoms with E-state index in [0.717, 1.165) is 17.7 Å². The number of H-pyrrole nitrogens is 1. The van der Waals surface area contributed by atoms with Crippen molar-refractivity contribution in [2.45, 2.75) is 25.4 Å². The Labute approximate surface area is 189 Å². The molecule has 0 saturated heterocycles. The molecule has 2 aromatic carbocycles. The summed E-state index contributed by atoms with van der Waals surface area (Å²) < 4.78 is 6.89. The van der Waals surface area contributed by atoms with Gasteiger partial charge in [-0.15, -0.1) is 5.10 Å². The van der Waals surface area contributed by atoms with Gasteiger partial charge in [-0.05, 0) is 49.2 Å². The standard InChI is InChI=1S/C23H23N5O3S/c1-3-15-5-7-16(8-6-15)19-13-20-22(30)25-26-23(28(20)27-19)32-14-21(29)24-17-9-11-18(12-10-17)31-4-2/h5-13H,3-4,14H2,1-2H3,(H,24,29)(H,25,30). The second kappa shape index (κ2) is 9.69. The van der Waals surface area contributed by atoms with Crippen LogP contribution in [-0.2, 0) is 11.2 Å². The topological polar surface area (TPSA) is 101 Å². The molecule has 4 aromatic rings. The van der Waals surface area contributed by atoms with Crippen molar-refractivity contribution < 1.29 is 9.53 Å². The summed E-state index contributed by atoms with van der Waals surface area (Å²) in [6, 6.07) is 17.0. The Morgan fingerprint density at radius 3 is 2.56 bits per heavy atom. The molecule has 0 unspecified atom stereocenters. The van der Waals surface area contributed by atoms with Gasteiger partial charge in [-0.3, -0.25) is 9.59 Å². The van der Waals surface area contributed by atoms with Gasteiger partial charge in [-0.2, -0.15) is 5.10 Å². The maximum atomic E-state index is 12.4. The number of ether oxygens (including phenoxy) is 1. The van der Waals surface area contributed by atoms with Crippen LogP contribution in [0.15, 0.2) is 64.5 Å². The molecule has 1 amide bonds. The van der Waals surface area contributed by atoms with E-state index in [0.29, 0.717) is 28.7 Å². The van der Waals surface area contributed by atoms with Gasteiger partial charge in [0.15, 0.2) is 0 Å². The molecule has 0 fully saturated rings. The van der Waals surface area contributed by atoms with E-state index in [9.17, 15) is 9.59 Å². The van der Waals surface area contributed by atoms with Crippen molar-refractivity contribution in [3.8, 4) is 17.0 Å². The van der Waals surface area contributed by atoms with Crippen LogP contribution >= 0.6 is 11.8 Å². The third-order valence-corrected chi connectivity index (χ3v) is 5.74. The van der Waals surface area contributed by atoms with Crippen LogP contribution in [-0.4, -0.2) is 38.1 Å². The number of aromatic amines is 1. The largest absolute Gasteiger partial charge is 0.494 e. The minimum atomic E-state index is -0.336. The summed E-state index contributed by atoms with van der Waals surface area (Å²) in [5, 5.41) is 14.4. The quantitative estimate of drug-likeness (QED) is 0.397. The van der Waals surface area contributed by atoms with E-state index in [1.807, 2.05) is 31.2 Å². The number of anilines is 1. The molecule has 0 aliphatic rings. The van der Waals surface area contributed by atoms with E-state index < -0.39 is 0 Å². The molecule has 8 nitrogen and oxygen atoms in total. The smallest absolute Gasteiger partial charge is 0.290 e. The first kappa shape index (κ1) is 21.6. The van der Waals surface area contributed by atoms with E-state index in [2.05, 4.69) is 27.5 Å². The average Bonchev–Trinajstić information content (AvgIpc) is 3.27. The molecule has 0 aliphatic carbocycles. The van der Waals surface area contributed by atoms with Crippen molar-refractivity contribution >= 4 is 28.9 Å². The Bertz CT molecular complexity index is 1280. The van der Waals surface area contributed by atoms with E-state index >= 15 is 0 Å². The number of rotatable bonds is 8. The summed E-state index contributed by atoms with van der Waals surface area (Å²) in [5.74, 6) is 0.670. The first-order valence-corrected chi connectivity index (χ1v) is 11.3. The number of thioether (sulfide) groups is 1. The lowest BCUT2D eigenvalue weighted by atomic mass is 10.1. The number of nitrogens with zero attached hydrogens (tertiary/aromatic N) is 3. The molecule has 2 N–H and O–H groups in total. The van der Waals surface area contributed by atoms with Gasteiger partial charge in [0.05, 0.1) is 18.1 Å². The third kappa shape index (κ3) is 4.83. The van der Waals surface area contributed by atoms with E-state index in [4.69, 9.17) is 4.74 Å². The van der Waals surface area contributed by atoms with Crippen LogP contribution in [0.4, 0.5) is 5.69 Å². The number of hydrogen-bond donors (Lipinski definition) is 2. The number of fused-ring (bicyclic) bond motifs is 1. The van der Waals surface area contributed by atoms with Crippen LogP contribution in [0.25, 0.3) is 16.8 Å². The van der Waals surface area contributed by atoms with Crippen LogP contribution in [0.2, 0.25) is 0 Å². The van der Waals surface area contributed by atoms with Gasteiger partial charge in [0, 0.05) is 11.3 Å². The highest BCUT2D eigenvalue weighted by Gasteiger charge is 2.14. The van der Waals surface area contributed by atoms with Gasteiger partial charge in [0.25, 0.3) is 5.56 Å². The normalized spacial score (nSPS) is 10.9. The predicted molar refractivity (Wildman–Crippen MR) is 125 cm³/mol. The van der Waals surface area contributed by atoms with Crippen molar-refractivity contribution in [2.75, 3.05) is 17.7 Å². The van der Waals surface area contributed by atoms with Gasteiger partial charge in [0.2, 0.25) is 11.1 Å². The highest BCUT2D eigenvalue weighted by Crippen LogP contribution is 2.22. The van der Waals surface area contributed by atoms with Crippen molar-refractivity contribution in [1.29, 1.82) is 0 Å². The van der Waals surface area contributed by atoms with Crippen LogP contribution in [0.1, 0.15) is 19.4 Å². The zero-order chi connectivity index (χ0) is 22.5. The van der Waals surface area contributed by atoms with Crippen LogP contribution in [0, 0.1) is 0 Å². The second-order valence-corrected chi connectivity index (χ2v) is 7.95. The molecule has 4 rings (SSSR count). The number of nitrogens with one attached hydrogen (secondary N) is 2. The van der Waals surface area contributed by atoms with Crippen molar-refractivity contribution in [3.05, 3.63) is 70.5 Å². The van der Waals surface area contributed by atoms with Crippen LogP contribution in [0.3, 0.4) is 0 Å². The molecule has 9 heteroatoms. The monoisotopic (exact) mass is 449 g/mol. The average molecular weight is 450 g/mol. The zero-order valence-corrected chi connectivity index (χ0v) is 18.6. The van der Waals surface area contributed by atoms with Crippen LogP contribution in [0.5, 0.6) is 5.75 Å². The number of carbonyl (C=O) groups excluding carboxylic acids is 1. The maximum absolute atomic E-state index is 12.4. The molecule has 32 heavy (non-hydrogen) atoms. The SMILES string of the molecule is CCOc1ccc(NC(=O)CSc2n[nH]c(=O)c3cc(-c4ccc(CC)cc4)nn23)cc1. The fourth-order valence-electron chi connectivity index (χ4n) is 3.17. The van der Waals surface area contributed by atoms with Gasteiger partial charge in [0.1, 0.15) is 11.3 Å². The Morgan fingerprint density at radius 2 is 1.88 bits per heavy atom. The minimum Gasteiger partial charge on any atom is -0.494 e. The summed E-state index contributed by atoms with van der Waals surface area (Å²) in [4.78, 5) is 24.6. The van der Waals surface area contributed by atoms with Gasteiger partial charge >= 0.3 is 0 Å². The van der Waals surface area contributed by atoms with E-state index in [1.54, 1.807) is 30.3 Å². The van der Waals surface area contributed by atoms with Crippen molar-refractivity contribution in [2.24, 2.45) is 0 Å². The molecule has 2 aromatic heterocycles. The van der Waals surface area contributed by atoms with Gasteiger partial charge < -0.3 is 10.1 Å². The second-order valence-electron chi connectivity index (χ2n) is 7.01. The number of carbonyl (C=O) groups is 1. The third-order valence-electron chi connectivity index (χ3n) is 4.82. The Kier molecular flexibility index (Phi) is 6.55. The lowest BCUT2D eigenvalue weighted by Crippen LogP contribution is -2.17. The minimum absolute atomic E-state index is 0.113. The Balaban J connectivity index is 1.49. The first-order chi connectivity index (χ1) is 15.6. The van der Waals surface area contributed by atoms with Crippen LogP contribution < -0.4 is 15.6 Å². The predicted octanol–water partition coefficient (Wildman–Crippen LogP) is 3.78. The number of aryl methyl sites for hydroxylation is 1. The van der Waals surface area contributed by atoms with E-state index in [1.165, 1.54) is 21.8 Å². The van der Waals surface area contributed by atoms with E-state index in [-0.39, 0.29) is 17.2 Å². The fraction of sp³-hybridized carbons (Fsp3) is 0.217. The number of amides is 1. The van der Waals surface area contributed by atoms with Gasteiger partial charge in [-0.25, -0.2) is 9.61 Å². The molecular weight excluding hydrogens is 426 g/mol. The molecule has 0 spiro atoms. The molecule has 0 atom stereocenters. The molecule has 0 aliphatic heterocycles. The Morgan fingerprint density at radius 1 is 1.12 bits per heavy atom. The highest BCUT2D eigenvalue weighted by atomic mass is 32.2. The summed E-state index contributed by atoms with van der Waals surface area (Å²) in [6.07, 6.45) is 0.953. The number of aromatic nitrogens is 4. The maximum Gasteiger partial charge on any atom is 0.290 e. The summed E-state index contributed by atoms with van der Waals surface area (Å²) >= 11 is 1.19. The van der Waals surface area contributed by atoms with Crippen molar-refractivity contribution in [3.63, 3.8) is 0 Å². The molecule has 2 heterocycles. The highest BCUT2D eigenvalue weighted by molar-refractivity contribution is 7.99. The molecular formula is C23H23N5O3S. The summed E-state index contributed by atoms with van der Waals surface area (Å²) in [5.41, 5.74) is 3.53. The molecule has 0 radical (unpaired) electrons. The molecule has 0 bridgehead atoms. The lowest BCUT2D eigenvalue weighted by Gasteiger charge is -2.07. The lowest BCUT2D eigenvalue weighted by molar-refractivity contribution is -0.113. The fourth-order valence-corrected chi connectivity index (χ4v) is 3.87. The van der Waals surface area contributed by atoms with Gasteiger partial charge in [-0.1, -0.05) is 43.0 Å². The summed E-state index contributed by atoms with van der Waals surface area (Å²) in [7, 11) is 0. The number of hydrogen-bond acceptors (Lipinski definition) is 6. The molecule has 0 saturated carbocycles. The summed E-state index contributed by atoms with van der Waals surface area (Å²) in [6.45, 7) is 4.60. The Hall–Kier alpha value is -3.59. The molecule has 164 valence electrons. The van der Waals surface area contributed by atoms with Crippen molar-refractivity contribution in [1.82, 2.24) is 19.8 Å². The number of benzene rings is 2.